The molecule has 1 aromatic heterocycles. The fourth-order valence-electron chi connectivity index (χ4n) is 2.17. The number of carbonyl (C=O) groups is 1. The van der Waals surface area contributed by atoms with Crippen LogP contribution in [0.5, 0.6) is 11.5 Å². The van der Waals surface area contributed by atoms with Crippen molar-refractivity contribution in [2.75, 3.05) is 0 Å². The highest BCUT2D eigenvalue weighted by Gasteiger charge is 2.05. The maximum absolute atomic E-state index is 10.6. The van der Waals surface area contributed by atoms with Gasteiger partial charge >= 0.3 is 0 Å². The third-order valence-corrected chi connectivity index (χ3v) is 3.60. The zero-order valence-corrected chi connectivity index (χ0v) is 12.5. The molecule has 0 radical (unpaired) electrons. The second-order valence-electron chi connectivity index (χ2n) is 5.19. The minimum absolute atomic E-state index is 0.324. The van der Waals surface area contributed by atoms with Crippen LogP contribution in [0, 0.1) is 13.8 Å². The molecule has 2 aromatic carbocycles. The number of hydrogen-bond acceptors (Lipinski definition) is 3. The SMILES string of the molecule is Cc1ccc(Oc2ccc(-c3ccc(C=O)o3)cc2)cc1C. The molecule has 0 unspecified atom stereocenters. The Morgan fingerprint density at radius 1 is 0.864 bits per heavy atom. The zero-order chi connectivity index (χ0) is 15.5. The van der Waals surface area contributed by atoms with Crippen molar-refractivity contribution in [2.45, 2.75) is 13.8 Å². The molecule has 0 bridgehead atoms. The summed E-state index contributed by atoms with van der Waals surface area (Å²) in [4.78, 5) is 10.6. The molecule has 1 heterocycles. The summed E-state index contributed by atoms with van der Waals surface area (Å²) in [6.45, 7) is 4.14. The van der Waals surface area contributed by atoms with Crippen LogP contribution in [-0.2, 0) is 0 Å². The summed E-state index contributed by atoms with van der Waals surface area (Å²) in [5.41, 5.74) is 3.35. The van der Waals surface area contributed by atoms with Crippen molar-refractivity contribution in [3.63, 3.8) is 0 Å². The molecular formula is C19H16O3. The normalized spacial score (nSPS) is 10.5. The molecule has 3 nitrogen and oxygen atoms in total. The topological polar surface area (TPSA) is 39.4 Å². The lowest BCUT2D eigenvalue weighted by molar-refractivity contribution is 0.110. The molecular weight excluding hydrogens is 276 g/mol. The Kier molecular flexibility index (Phi) is 3.79. The largest absolute Gasteiger partial charge is 0.457 e. The van der Waals surface area contributed by atoms with Gasteiger partial charge in [-0.25, -0.2) is 0 Å². The first-order chi connectivity index (χ1) is 10.7. The fraction of sp³-hybridized carbons (Fsp3) is 0.105. The van der Waals surface area contributed by atoms with Gasteiger partial charge in [0, 0.05) is 5.56 Å². The number of aldehydes is 1. The average molecular weight is 292 g/mol. The van der Waals surface area contributed by atoms with E-state index in [0.717, 1.165) is 17.1 Å². The van der Waals surface area contributed by atoms with Crippen molar-refractivity contribution in [1.29, 1.82) is 0 Å². The van der Waals surface area contributed by atoms with Crippen LogP contribution in [-0.4, -0.2) is 6.29 Å². The Balaban J connectivity index is 1.78. The molecule has 0 atom stereocenters. The molecule has 0 N–H and O–H groups in total. The average Bonchev–Trinajstić information content (AvgIpc) is 3.01. The van der Waals surface area contributed by atoms with Gasteiger partial charge in [-0.05, 0) is 73.5 Å². The summed E-state index contributed by atoms with van der Waals surface area (Å²) in [5.74, 6) is 2.57. The first-order valence-electron chi connectivity index (χ1n) is 7.06. The summed E-state index contributed by atoms with van der Waals surface area (Å²) in [6, 6.07) is 17.0. The summed E-state index contributed by atoms with van der Waals surface area (Å²) in [5, 5.41) is 0. The van der Waals surface area contributed by atoms with Crippen LogP contribution >= 0.6 is 0 Å². The van der Waals surface area contributed by atoms with Crippen LogP contribution in [0.15, 0.2) is 59.0 Å². The quantitative estimate of drug-likeness (QED) is 0.623. The van der Waals surface area contributed by atoms with Crippen LogP contribution in [0.2, 0.25) is 0 Å². The van der Waals surface area contributed by atoms with Crippen molar-refractivity contribution in [3.8, 4) is 22.8 Å². The smallest absolute Gasteiger partial charge is 0.185 e. The van der Waals surface area contributed by atoms with Gasteiger partial charge in [0.15, 0.2) is 12.0 Å². The van der Waals surface area contributed by atoms with Crippen LogP contribution in [0.4, 0.5) is 0 Å². The van der Waals surface area contributed by atoms with E-state index in [4.69, 9.17) is 9.15 Å². The summed E-state index contributed by atoms with van der Waals surface area (Å²) in [7, 11) is 0. The molecule has 0 aliphatic heterocycles. The van der Waals surface area contributed by atoms with Gasteiger partial charge in [-0.15, -0.1) is 0 Å². The fourth-order valence-corrected chi connectivity index (χ4v) is 2.17. The third-order valence-electron chi connectivity index (χ3n) is 3.60. The predicted octanol–water partition coefficient (Wildman–Crippen LogP) is 5.17. The number of rotatable bonds is 4. The standard InChI is InChI=1S/C19H16O3/c1-13-3-6-17(11-14(13)2)21-16-7-4-15(5-8-16)19-10-9-18(12-20)22-19/h3-12H,1-2H3. The van der Waals surface area contributed by atoms with Gasteiger partial charge in [0.05, 0.1) is 0 Å². The van der Waals surface area contributed by atoms with E-state index in [0.29, 0.717) is 17.8 Å². The van der Waals surface area contributed by atoms with Gasteiger partial charge in [0.1, 0.15) is 17.3 Å². The van der Waals surface area contributed by atoms with Crippen molar-refractivity contribution in [2.24, 2.45) is 0 Å². The number of benzene rings is 2. The maximum Gasteiger partial charge on any atom is 0.185 e. The highest BCUT2D eigenvalue weighted by Crippen LogP contribution is 2.27. The first kappa shape index (κ1) is 14.1. The Morgan fingerprint density at radius 3 is 2.23 bits per heavy atom. The molecule has 0 aliphatic carbocycles. The highest BCUT2D eigenvalue weighted by atomic mass is 16.5. The molecule has 3 aromatic rings. The monoisotopic (exact) mass is 292 g/mol. The molecule has 22 heavy (non-hydrogen) atoms. The number of carbonyl (C=O) groups excluding carboxylic acids is 1. The minimum atomic E-state index is 0.324. The van der Waals surface area contributed by atoms with E-state index < -0.39 is 0 Å². The lowest BCUT2D eigenvalue weighted by Crippen LogP contribution is -1.87. The molecule has 0 spiro atoms. The Morgan fingerprint density at radius 2 is 1.59 bits per heavy atom. The highest BCUT2D eigenvalue weighted by molar-refractivity contribution is 5.72. The van der Waals surface area contributed by atoms with Crippen LogP contribution in [0.3, 0.4) is 0 Å². The predicted molar refractivity (Wildman–Crippen MR) is 85.5 cm³/mol. The van der Waals surface area contributed by atoms with Gasteiger partial charge in [0.25, 0.3) is 0 Å². The van der Waals surface area contributed by atoms with Crippen LogP contribution < -0.4 is 4.74 Å². The molecule has 3 heteroatoms. The van der Waals surface area contributed by atoms with Crippen LogP contribution in [0.1, 0.15) is 21.7 Å². The Hall–Kier alpha value is -2.81. The van der Waals surface area contributed by atoms with E-state index in [1.807, 2.05) is 42.5 Å². The zero-order valence-electron chi connectivity index (χ0n) is 12.5. The Bertz CT molecular complexity index is 798. The molecule has 110 valence electrons. The summed E-state index contributed by atoms with van der Waals surface area (Å²) >= 11 is 0. The van der Waals surface area contributed by atoms with Crippen LogP contribution in [0.25, 0.3) is 11.3 Å². The molecule has 0 saturated heterocycles. The lowest BCUT2D eigenvalue weighted by Gasteiger charge is -2.08. The second kappa shape index (κ2) is 5.90. The van der Waals surface area contributed by atoms with E-state index in [9.17, 15) is 4.79 Å². The van der Waals surface area contributed by atoms with E-state index >= 15 is 0 Å². The number of aryl methyl sites for hydroxylation is 2. The van der Waals surface area contributed by atoms with E-state index in [-0.39, 0.29) is 0 Å². The Labute approximate surface area is 129 Å². The minimum Gasteiger partial charge on any atom is -0.457 e. The summed E-state index contributed by atoms with van der Waals surface area (Å²) in [6.07, 6.45) is 0.695. The molecule has 0 saturated carbocycles. The molecule has 0 fully saturated rings. The van der Waals surface area contributed by atoms with E-state index in [2.05, 4.69) is 13.8 Å². The van der Waals surface area contributed by atoms with Gasteiger partial charge in [-0.1, -0.05) is 6.07 Å². The van der Waals surface area contributed by atoms with Crippen molar-refractivity contribution in [1.82, 2.24) is 0 Å². The summed E-state index contributed by atoms with van der Waals surface area (Å²) < 4.78 is 11.2. The third kappa shape index (κ3) is 2.93. The van der Waals surface area contributed by atoms with Gasteiger partial charge in [-0.3, -0.25) is 4.79 Å². The van der Waals surface area contributed by atoms with Crippen molar-refractivity contribution >= 4 is 6.29 Å². The molecule has 0 aliphatic rings. The second-order valence-corrected chi connectivity index (χ2v) is 5.19. The van der Waals surface area contributed by atoms with Gasteiger partial charge in [-0.2, -0.15) is 0 Å². The van der Waals surface area contributed by atoms with Gasteiger partial charge < -0.3 is 9.15 Å². The van der Waals surface area contributed by atoms with Gasteiger partial charge in [0.2, 0.25) is 0 Å². The molecule has 0 amide bonds. The number of furan rings is 1. The lowest BCUT2D eigenvalue weighted by atomic mass is 10.1. The maximum atomic E-state index is 10.6. The number of ether oxygens (including phenoxy) is 1. The number of hydrogen-bond donors (Lipinski definition) is 0. The van der Waals surface area contributed by atoms with Crippen molar-refractivity contribution in [3.05, 3.63) is 71.5 Å². The first-order valence-corrected chi connectivity index (χ1v) is 7.06. The molecule has 3 rings (SSSR count). The van der Waals surface area contributed by atoms with E-state index in [1.54, 1.807) is 12.1 Å². The van der Waals surface area contributed by atoms with E-state index in [1.165, 1.54) is 11.1 Å². The van der Waals surface area contributed by atoms with Crippen molar-refractivity contribution < 1.29 is 13.9 Å².